The summed E-state index contributed by atoms with van der Waals surface area (Å²) in [4.78, 5) is 8.96. The summed E-state index contributed by atoms with van der Waals surface area (Å²) < 4.78 is 0. The molecule has 0 aliphatic heterocycles. The minimum absolute atomic E-state index is 0. The normalized spacial score (nSPS) is 12.1. The SMILES string of the molecule is CCNC(=NCc1cccc(-c2ncn[nH]2)c1)NC(C)CCc1ccccc1.I. The number of hydrogen-bond acceptors (Lipinski definition) is 3. The molecule has 0 radical (unpaired) electrons. The minimum atomic E-state index is 0. The van der Waals surface area contributed by atoms with Crippen molar-refractivity contribution in [1.82, 2.24) is 25.8 Å². The monoisotopic (exact) mass is 504 g/mol. The van der Waals surface area contributed by atoms with Gasteiger partial charge < -0.3 is 10.6 Å². The lowest BCUT2D eigenvalue weighted by atomic mass is 10.1. The Balaban J connectivity index is 0.00000300. The highest BCUT2D eigenvalue weighted by Gasteiger charge is 2.06. The molecule has 3 N–H and O–H groups in total. The fourth-order valence-corrected chi connectivity index (χ4v) is 2.99. The summed E-state index contributed by atoms with van der Waals surface area (Å²) >= 11 is 0. The van der Waals surface area contributed by atoms with Gasteiger partial charge in [-0.25, -0.2) is 9.98 Å². The second-order valence-electron chi connectivity index (χ2n) is 6.80. The molecule has 7 heteroatoms. The average molecular weight is 504 g/mol. The van der Waals surface area contributed by atoms with E-state index in [1.54, 1.807) is 0 Å². The van der Waals surface area contributed by atoms with Gasteiger partial charge >= 0.3 is 0 Å². The van der Waals surface area contributed by atoms with Gasteiger partial charge in [0.25, 0.3) is 0 Å². The van der Waals surface area contributed by atoms with Crippen molar-refractivity contribution in [1.29, 1.82) is 0 Å². The van der Waals surface area contributed by atoms with Gasteiger partial charge in [-0.2, -0.15) is 5.10 Å². The quantitative estimate of drug-likeness (QED) is 0.245. The molecule has 3 rings (SSSR count). The van der Waals surface area contributed by atoms with Crippen molar-refractivity contribution in [2.45, 2.75) is 39.3 Å². The molecular weight excluding hydrogens is 475 g/mol. The topological polar surface area (TPSA) is 78.0 Å². The number of aromatic nitrogens is 3. The van der Waals surface area contributed by atoms with E-state index in [9.17, 15) is 0 Å². The Labute approximate surface area is 189 Å². The summed E-state index contributed by atoms with van der Waals surface area (Å²) in [5.74, 6) is 1.61. The number of benzene rings is 2. The molecule has 1 unspecified atom stereocenters. The van der Waals surface area contributed by atoms with E-state index in [0.717, 1.165) is 42.3 Å². The zero-order chi connectivity index (χ0) is 19.6. The third-order valence-corrected chi connectivity index (χ3v) is 4.47. The number of aryl methyl sites for hydroxylation is 1. The van der Waals surface area contributed by atoms with Crippen molar-refractivity contribution >= 4 is 29.9 Å². The highest BCUT2D eigenvalue weighted by Crippen LogP contribution is 2.16. The number of nitrogens with one attached hydrogen (secondary N) is 3. The number of H-pyrrole nitrogens is 1. The van der Waals surface area contributed by atoms with Gasteiger partial charge in [-0.05, 0) is 43.9 Å². The molecule has 0 saturated carbocycles. The van der Waals surface area contributed by atoms with E-state index >= 15 is 0 Å². The van der Waals surface area contributed by atoms with Gasteiger partial charge in [0.15, 0.2) is 11.8 Å². The van der Waals surface area contributed by atoms with Crippen molar-refractivity contribution in [3.63, 3.8) is 0 Å². The summed E-state index contributed by atoms with van der Waals surface area (Å²) in [5.41, 5.74) is 3.50. The molecule has 154 valence electrons. The van der Waals surface area contributed by atoms with Gasteiger partial charge in [0.2, 0.25) is 0 Å². The molecule has 0 spiro atoms. The van der Waals surface area contributed by atoms with Crippen LogP contribution in [0.2, 0.25) is 0 Å². The minimum Gasteiger partial charge on any atom is -0.357 e. The molecule has 0 aliphatic carbocycles. The van der Waals surface area contributed by atoms with E-state index in [1.807, 2.05) is 12.1 Å². The maximum atomic E-state index is 4.75. The Hall–Kier alpha value is -2.42. The molecule has 0 fully saturated rings. The summed E-state index contributed by atoms with van der Waals surface area (Å²) in [6.45, 7) is 5.70. The maximum absolute atomic E-state index is 4.75. The molecule has 1 heterocycles. The molecule has 0 bridgehead atoms. The van der Waals surface area contributed by atoms with E-state index in [0.29, 0.717) is 12.6 Å². The molecule has 3 aromatic rings. The third-order valence-electron chi connectivity index (χ3n) is 4.47. The van der Waals surface area contributed by atoms with Gasteiger partial charge in [0.1, 0.15) is 6.33 Å². The van der Waals surface area contributed by atoms with Crippen molar-refractivity contribution in [2.24, 2.45) is 4.99 Å². The van der Waals surface area contributed by atoms with Crippen molar-refractivity contribution < 1.29 is 0 Å². The van der Waals surface area contributed by atoms with E-state index in [1.165, 1.54) is 11.9 Å². The molecule has 0 saturated heterocycles. The van der Waals surface area contributed by atoms with Gasteiger partial charge in [0.05, 0.1) is 6.54 Å². The van der Waals surface area contributed by atoms with Crippen LogP contribution in [-0.4, -0.2) is 33.7 Å². The Morgan fingerprint density at radius 3 is 2.62 bits per heavy atom. The highest BCUT2D eigenvalue weighted by atomic mass is 127. The van der Waals surface area contributed by atoms with Crippen molar-refractivity contribution in [2.75, 3.05) is 6.54 Å². The predicted octanol–water partition coefficient (Wildman–Crippen LogP) is 4.17. The van der Waals surface area contributed by atoms with Crippen LogP contribution >= 0.6 is 24.0 Å². The maximum Gasteiger partial charge on any atom is 0.191 e. The molecular formula is C22H29IN6. The summed E-state index contributed by atoms with van der Waals surface area (Å²) in [6.07, 6.45) is 3.62. The third kappa shape index (κ3) is 7.49. The van der Waals surface area contributed by atoms with Crippen LogP contribution in [0.1, 0.15) is 31.4 Å². The van der Waals surface area contributed by atoms with Crippen LogP contribution in [-0.2, 0) is 13.0 Å². The molecule has 29 heavy (non-hydrogen) atoms. The number of hydrogen-bond donors (Lipinski definition) is 3. The lowest BCUT2D eigenvalue weighted by Crippen LogP contribution is -2.42. The van der Waals surface area contributed by atoms with E-state index in [-0.39, 0.29) is 24.0 Å². The fraction of sp³-hybridized carbons (Fsp3) is 0.318. The van der Waals surface area contributed by atoms with Gasteiger partial charge in [-0.3, -0.25) is 5.10 Å². The largest absolute Gasteiger partial charge is 0.357 e. The van der Waals surface area contributed by atoms with E-state index in [2.05, 4.69) is 82.1 Å². The Bertz CT molecular complexity index is 864. The van der Waals surface area contributed by atoms with Gasteiger partial charge in [-0.15, -0.1) is 24.0 Å². The first kappa shape index (κ1) is 22.9. The van der Waals surface area contributed by atoms with Crippen LogP contribution in [0.25, 0.3) is 11.4 Å². The second-order valence-corrected chi connectivity index (χ2v) is 6.80. The van der Waals surface area contributed by atoms with Gasteiger partial charge in [0, 0.05) is 18.2 Å². The lowest BCUT2D eigenvalue weighted by Gasteiger charge is -2.18. The molecule has 0 aliphatic rings. The molecule has 0 amide bonds. The fourth-order valence-electron chi connectivity index (χ4n) is 2.99. The number of nitrogens with zero attached hydrogens (tertiary/aromatic N) is 3. The van der Waals surface area contributed by atoms with Crippen LogP contribution in [0.3, 0.4) is 0 Å². The highest BCUT2D eigenvalue weighted by molar-refractivity contribution is 14.0. The molecule has 1 aromatic heterocycles. The lowest BCUT2D eigenvalue weighted by molar-refractivity contribution is 0.593. The number of halogens is 1. The van der Waals surface area contributed by atoms with Crippen LogP contribution in [0.5, 0.6) is 0 Å². The molecule has 6 nitrogen and oxygen atoms in total. The van der Waals surface area contributed by atoms with E-state index < -0.39 is 0 Å². The van der Waals surface area contributed by atoms with Crippen molar-refractivity contribution in [3.05, 3.63) is 72.1 Å². The molecule has 2 aromatic carbocycles. The summed E-state index contributed by atoms with van der Waals surface area (Å²) in [7, 11) is 0. The first-order valence-corrected chi connectivity index (χ1v) is 9.78. The zero-order valence-electron chi connectivity index (χ0n) is 16.9. The smallest absolute Gasteiger partial charge is 0.191 e. The van der Waals surface area contributed by atoms with Crippen LogP contribution in [0, 0.1) is 0 Å². The van der Waals surface area contributed by atoms with Crippen LogP contribution in [0.4, 0.5) is 0 Å². The van der Waals surface area contributed by atoms with E-state index in [4.69, 9.17) is 4.99 Å². The standard InChI is InChI=1S/C22H28N6.HI/c1-3-23-22(27-17(2)12-13-18-8-5-4-6-9-18)24-15-19-10-7-11-20(14-19)21-25-16-26-28-21;/h4-11,14,16-17H,3,12-13,15H2,1-2H3,(H2,23,24,27)(H,25,26,28);1H. The zero-order valence-corrected chi connectivity index (χ0v) is 19.3. The number of rotatable bonds is 8. The first-order valence-electron chi connectivity index (χ1n) is 9.78. The number of aromatic amines is 1. The summed E-state index contributed by atoms with van der Waals surface area (Å²) in [6, 6.07) is 19.1. The number of aliphatic imine (C=N–C) groups is 1. The Morgan fingerprint density at radius 2 is 1.90 bits per heavy atom. The van der Waals surface area contributed by atoms with Gasteiger partial charge in [-0.1, -0.05) is 48.5 Å². The Morgan fingerprint density at radius 1 is 1.10 bits per heavy atom. The summed E-state index contributed by atoms with van der Waals surface area (Å²) in [5, 5.41) is 13.7. The predicted molar refractivity (Wildman–Crippen MR) is 129 cm³/mol. The Kier molecular flexibility index (Phi) is 9.63. The van der Waals surface area contributed by atoms with Crippen LogP contribution in [0.15, 0.2) is 65.9 Å². The van der Waals surface area contributed by atoms with Crippen LogP contribution < -0.4 is 10.6 Å². The first-order chi connectivity index (χ1) is 13.7. The van der Waals surface area contributed by atoms with Crippen molar-refractivity contribution in [3.8, 4) is 11.4 Å². The average Bonchev–Trinajstić information content (AvgIpc) is 3.27. The molecule has 1 atom stereocenters. The number of guanidine groups is 1. The second kappa shape index (κ2) is 12.2.